The molecule has 0 atom stereocenters. The van der Waals surface area contributed by atoms with E-state index in [0.717, 1.165) is 15.0 Å². The molecule has 0 spiro atoms. The van der Waals surface area contributed by atoms with Crippen LogP contribution >= 0.6 is 27.5 Å². The molecule has 0 aromatic carbocycles. The number of methoxy groups -OCH3 is 1. The van der Waals surface area contributed by atoms with Crippen molar-refractivity contribution in [2.75, 3.05) is 12.4 Å². The van der Waals surface area contributed by atoms with Gasteiger partial charge < -0.3 is 10.1 Å². The number of anilines is 1. The van der Waals surface area contributed by atoms with Crippen LogP contribution in [0.3, 0.4) is 0 Å². The predicted molar refractivity (Wildman–Crippen MR) is 70.5 cm³/mol. The van der Waals surface area contributed by atoms with Gasteiger partial charge >= 0.3 is 0 Å². The molecule has 7 heteroatoms. The Morgan fingerprint density at radius 3 is 3.00 bits per heavy atom. The van der Waals surface area contributed by atoms with Crippen LogP contribution in [0.5, 0.6) is 5.88 Å². The molecule has 0 aliphatic rings. The van der Waals surface area contributed by atoms with Crippen LogP contribution in [0.25, 0.3) is 0 Å². The Morgan fingerprint density at radius 1 is 1.53 bits per heavy atom. The number of rotatable bonds is 4. The van der Waals surface area contributed by atoms with Gasteiger partial charge in [0.25, 0.3) is 0 Å². The molecule has 0 saturated carbocycles. The molecule has 0 saturated heterocycles. The summed E-state index contributed by atoms with van der Waals surface area (Å²) >= 11 is 4.83. The highest BCUT2D eigenvalue weighted by atomic mass is 79.9. The number of hydrogen-bond donors (Lipinski definition) is 1. The third-order valence-electron chi connectivity index (χ3n) is 2.07. The van der Waals surface area contributed by atoms with E-state index in [9.17, 15) is 0 Å². The first-order valence-corrected chi connectivity index (χ1v) is 6.49. The minimum atomic E-state index is 0.608. The lowest BCUT2D eigenvalue weighted by atomic mass is 10.4. The Hall–Kier alpha value is -1.21. The Bertz CT molecular complexity index is 517. The molecule has 5 nitrogen and oxygen atoms in total. The summed E-state index contributed by atoms with van der Waals surface area (Å²) in [5.74, 6) is 1.22. The fourth-order valence-electron chi connectivity index (χ4n) is 1.23. The number of nitrogens with one attached hydrogen (secondary N) is 1. The van der Waals surface area contributed by atoms with E-state index in [1.54, 1.807) is 13.3 Å². The maximum Gasteiger partial charge on any atom is 0.239 e. The molecule has 0 fully saturated rings. The molecule has 2 heterocycles. The van der Waals surface area contributed by atoms with Crippen LogP contribution in [0.1, 0.15) is 10.6 Å². The number of aromatic nitrogens is 3. The summed E-state index contributed by atoms with van der Waals surface area (Å²) in [5.41, 5.74) is 0.934. The van der Waals surface area contributed by atoms with Crippen molar-refractivity contribution in [3.05, 3.63) is 27.3 Å². The van der Waals surface area contributed by atoms with Gasteiger partial charge in [0.15, 0.2) is 0 Å². The number of hydrogen-bond acceptors (Lipinski definition) is 6. The molecule has 0 amide bonds. The van der Waals surface area contributed by atoms with E-state index in [1.165, 1.54) is 11.5 Å². The second kappa shape index (κ2) is 5.42. The molecular formula is C10H11BrN4OS. The Balaban J connectivity index is 2.05. The lowest BCUT2D eigenvalue weighted by molar-refractivity contribution is 0.400. The largest absolute Gasteiger partial charge is 0.480 e. The summed E-state index contributed by atoms with van der Waals surface area (Å²) in [6.45, 7) is 2.55. The van der Waals surface area contributed by atoms with Crippen LogP contribution in [0.2, 0.25) is 0 Å². The Kier molecular flexibility index (Phi) is 3.90. The fourth-order valence-corrected chi connectivity index (χ4v) is 2.61. The fraction of sp³-hybridized carbons (Fsp3) is 0.300. The average molecular weight is 315 g/mol. The molecule has 17 heavy (non-hydrogen) atoms. The zero-order valence-corrected chi connectivity index (χ0v) is 11.8. The van der Waals surface area contributed by atoms with Gasteiger partial charge in [0.05, 0.1) is 23.0 Å². The Labute approximate surface area is 112 Å². The van der Waals surface area contributed by atoms with Crippen molar-refractivity contribution in [2.24, 2.45) is 0 Å². The molecule has 2 aromatic rings. The first-order chi connectivity index (χ1) is 8.20. The molecule has 2 aromatic heterocycles. The molecule has 2 rings (SSSR count). The van der Waals surface area contributed by atoms with Crippen LogP contribution in [-0.2, 0) is 6.54 Å². The van der Waals surface area contributed by atoms with Gasteiger partial charge in [0.2, 0.25) is 11.8 Å². The van der Waals surface area contributed by atoms with E-state index in [-0.39, 0.29) is 0 Å². The molecule has 0 unspecified atom stereocenters. The normalized spacial score (nSPS) is 10.3. The zero-order valence-electron chi connectivity index (χ0n) is 9.40. The van der Waals surface area contributed by atoms with Crippen LogP contribution < -0.4 is 10.1 Å². The van der Waals surface area contributed by atoms with Gasteiger partial charge in [-0.25, -0.2) is 9.97 Å². The standard InChI is InChI=1S/C10H11BrN4OS/c1-6-3-4-12-10(14-6)13-5-7-8(11)9(16-2)15-17-7/h3-4H,5H2,1-2H3,(H,12,13,14). The molecule has 90 valence electrons. The van der Waals surface area contributed by atoms with Gasteiger partial charge in [-0.3, -0.25) is 0 Å². The van der Waals surface area contributed by atoms with E-state index < -0.39 is 0 Å². The van der Waals surface area contributed by atoms with Crippen molar-refractivity contribution in [2.45, 2.75) is 13.5 Å². The maximum absolute atomic E-state index is 5.09. The van der Waals surface area contributed by atoms with Crippen molar-refractivity contribution in [1.29, 1.82) is 0 Å². The zero-order chi connectivity index (χ0) is 12.3. The van der Waals surface area contributed by atoms with E-state index in [0.29, 0.717) is 18.4 Å². The van der Waals surface area contributed by atoms with Gasteiger partial charge in [-0.15, -0.1) is 0 Å². The molecule has 1 N–H and O–H groups in total. The van der Waals surface area contributed by atoms with Crippen LogP contribution in [0, 0.1) is 6.92 Å². The quantitative estimate of drug-likeness (QED) is 0.940. The smallest absolute Gasteiger partial charge is 0.239 e. The summed E-state index contributed by atoms with van der Waals surface area (Å²) in [6, 6.07) is 1.86. The lowest BCUT2D eigenvalue weighted by Crippen LogP contribution is -2.03. The number of aryl methyl sites for hydroxylation is 1. The van der Waals surface area contributed by atoms with Crippen molar-refractivity contribution in [3.63, 3.8) is 0 Å². The van der Waals surface area contributed by atoms with Gasteiger partial charge in [0.1, 0.15) is 0 Å². The highest BCUT2D eigenvalue weighted by Gasteiger charge is 2.11. The van der Waals surface area contributed by atoms with Gasteiger partial charge in [0, 0.05) is 11.9 Å². The van der Waals surface area contributed by atoms with Crippen LogP contribution in [0.4, 0.5) is 5.95 Å². The SMILES string of the molecule is COc1nsc(CNc2nccc(C)n2)c1Br. The van der Waals surface area contributed by atoms with E-state index in [2.05, 4.69) is 35.6 Å². The molecule has 0 aliphatic carbocycles. The summed E-state index contributed by atoms with van der Waals surface area (Å²) in [4.78, 5) is 9.44. The summed E-state index contributed by atoms with van der Waals surface area (Å²) in [7, 11) is 1.60. The van der Waals surface area contributed by atoms with Gasteiger partial charge in [-0.1, -0.05) is 0 Å². The average Bonchev–Trinajstić information content (AvgIpc) is 2.67. The molecule has 0 radical (unpaired) electrons. The van der Waals surface area contributed by atoms with E-state index in [4.69, 9.17) is 4.74 Å². The Morgan fingerprint density at radius 2 is 2.35 bits per heavy atom. The van der Waals surface area contributed by atoms with Crippen molar-refractivity contribution < 1.29 is 4.74 Å². The summed E-state index contributed by atoms with van der Waals surface area (Å²) in [6.07, 6.45) is 1.73. The molecule has 0 aliphatic heterocycles. The van der Waals surface area contributed by atoms with Gasteiger partial charge in [-0.2, -0.15) is 4.37 Å². The second-order valence-electron chi connectivity index (χ2n) is 3.30. The van der Waals surface area contributed by atoms with Gasteiger partial charge in [-0.05, 0) is 40.5 Å². The predicted octanol–water partition coefficient (Wildman–Crippen LogP) is 2.62. The second-order valence-corrected chi connectivity index (χ2v) is 4.96. The number of ether oxygens (including phenoxy) is 1. The van der Waals surface area contributed by atoms with Crippen molar-refractivity contribution >= 4 is 33.4 Å². The van der Waals surface area contributed by atoms with E-state index in [1.807, 2.05) is 13.0 Å². The maximum atomic E-state index is 5.09. The lowest BCUT2D eigenvalue weighted by Gasteiger charge is -2.03. The monoisotopic (exact) mass is 314 g/mol. The molecular weight excluding hydrogens is 304 g/mol. The van der Waals surface area contributed by atoms with Crippen molar-refractivity contribution in [1.82, 2.24) is 14.3 Å². The summed E-state index contributed by atoms with van der Waals surface area (Å²) in [5, 5.41) is 3.14. The topological polar surface area (TPSA) is 59.9 Å². The molecule has 0 bridgehead atoms. The minimum Gasteiger partial charge on any atom is -0.480 e. The third-order valence-corrected chi connectivity index (χ3v) is 3.97. The third kappa shape index (κ3) is 2.92. The first-order valence-electron chi connectivity index (χ1n) is 4.92. The van der Waals surface area contributed by atoms with Crippen molar-refractivity contribution in [3.8, 4) is 5.88 Å². The highest BCUT2D eigenvalue weighted by molar-refractivity contribution is 9.10. The van der Waals surface area contributed by atoms with Crippen LogP contribution in [-0.4, -0.2) is 21.5 Å². The summed E-state index contributed by atoms with van der Waals surface area (Å²) < 4.78 is 10.1. The van der Waals surface area contributed by atoms with Crippen LogP contribution in [0.15, 0.2) is 16.7 Å². The number of halogens is 1. The number of nitrogens with zero attached hydrogens (tertiary/aromatic N) is 3. The minimum absolute atomic E-state index is 0.608. The van der Waals surface area contributed by atoms with E-state index >= 15 is 0 Å². The highest BCUT2D eigenvalue weighted by Crippen LogP contribution is 2.31. The first kappa shape index (κ1) is 12.3.